The van der Waals surface area contributed by atoms with Crippen LogP contribution in [0, 0.1) is 17.0 Å². The Bertz CT molecular complexity index is 573. The molecule has 0 saturated carbocycles. The molecule has 1 rings (SSSR count). The summed E-state index contributed by atoms with van der Waals surface area (Å²) in [7, 11) is -4.50. The first kappa shape index (κ1) is 13.4. The van der Waals surface area contributed by atoms with E-state index in [2.05, 4.69) is 4.98 Å². The van der Waals surface area contributed by atoms with Gasteiger partial charge >= 0.3 is 0 Å². The Labute approximate surface area is 94.5 Å². The van der Waals surface area contributed by atoms with E-state index < -0.39 is 37.6 Å². The Morgan fingerprint density at radius 3 is 2.41 bits per heavy atom. The van der Waals surface area contributed by atoms with Crippen molar-refractivity contribution in [3.63, 3.8) is 0 Å². The molecule has 0 spiro atoms. The third-order valence-electron chi connectivity index (χ3n) is 1.89. The van der Waals surface area contributed by atoms with Crippen LogP contribution in [0.1, 0.15) is 17.8 Å². The summed E-state index contributed by atoms with van der Waals surface area (Å²) in [5, 5.41) is 15.2. The van der Waals surface area contributed by atoms with Crippen molar-refractivity contribution < 1.29 is 22.1 Å². The summed E-state index contributed by atoms with van der Waals surface area (Å²) < 4.78 is 47.1. The van der Waals surface area contributed by atoms with Crippen molar-refractivity contribution in [2.75, 3.05) is 0 Å². The number of sulfonamides is 1. The minimum Gasteiger partial charge on any atom is -0.258 e. The standard InChI is InChI=1S/C7H7F2N3O4S/c1-3-4(12(13)14)2-5(17(10,15)16)6(11-3)7(8)9/h2,7H,1H3,(H2,10,15,16). The summed E-state index contributed by atoms with van der Waals surface area (Å²) in [5.41, 5.74) is -2.08. The van der Waals surface area contributed by atoms with Gasteiger partial charge in [0.1, 0.15) is 16.3 Å². The molecular formula is C7H7F2N3O4S. The molecule has 17 heavy (non-hydrogen) atoms. The molecule has 0 aliphatic heterocycles. The van der Waals surface area contributed by atoms with Gasteiger partial charge in [-0.2, -0.15) is 0 Å². The van der Waals surface area contributed by atoms with Crippen LogP contribution in [0.15, 0.2) is 11.0 Å². The van der Waals surface area contributed by atoms with E-state index in [1.807, 2.05) is 0 Å². The minimum absolute atomic E-state index is 0.308. The van der Waals surface area contributed by atoms with E-state index in [0.29, 0.717) is 6.07 Å². The molecule has 0 aliphatic carbocycles. The molecule has 0 fully saturated rings. The van der Waals surface area contributed by atoms with Crippen LogP contribution in [0.4, 0.5) is 14.5 Å². The lowest BCUT2D eigenvalue weighted by Gasteiger charge is -2.07. The molecule has 1 aromatic rings. The molecule has 0 unspecified atom stereocenters. The van der Waals surface area contributed by atoms with Gasteiger partial charge in [-0.25, -0.2) is 27.3 Å². The van der Waals surface area contributed by atoms with Crippen LogP contribution in [0.3, 0.4) is 0 Å². The summed E-state index contributed by atoms with van der Waals surface area (Å²) in [6.45, 7) is 1.12. The van der Waals surface area contributed by atoms with Gasteiger partial charge in [-0.05, 0) is 6.92 Å². The lowest BCUT2D eigenvalue weighted by Crippen LogP contribution is -2.17. The predicted octanol–water partition coefficient (Wildman–Crippen LogP) is 0.883. The monoisotopic (exact) mass is 267 g/mol. The van der Waals surface area contributed by atoms with E-state index >= 15 is 0 Å². The van der Waals surface area contributed by atoms with E-state index in [1.165, 1.54) is 0 Å². The van der Waals surface area contributed by atoms with Gasteiger partial charge in [0, 0.05) is 6.07 Å². The zero-order valence-electron chi connectivity index (χ0n) is 8.42. The molecule has 2 N–H and O–H groups in total. The number of aromatic nitrogens is 1. The molecule has 0 saturated heterocycles. The minimum atomic E-state index is -4.50. The summed E-state index contributed by atoms with van der Waals surface area (Å²) in [4.78, 5) is 11.8. The zero-order chi connectivity index (χ0) is 13.4. The lowest BCUT2D eigenvalue weighted by atomic mass is 10.2. The van der Waals surface area contributed by atoms with Crippen LogP contribution in [-0.2, 0) is 10.0 Å². The van der Waals surface area contributed by atoms with Gasteiger partial charge in [-0.15, -0.1) is 0 Å². The highest BCUT2D eigenvalue weighted by Gasteiger charge is 2.27. The molecule has 0 amide bonds. The van der Waals surface area contributed by atoms with Crippen molar-refractivity contribution in [2.45, 2.75) is 18.2 Å². The third kappa shape index (κ3) is 2.71. The molecule has 1 heterocycles. The molecule has 1 aromatic heterocycles. The maximum atomic E-state index is 12.5. The lowest BCUT2D eigenvalue weighted by molar-refractivity contribution is -0.386. The average Bonchev–Trinajstić information content (AvgIpc) is 2.14. The second-order valence-corrected chi connectivity index (χ2v) is 4.61. The largest absolute Gasteiger partial charge is 0.291 e. The average molecular weight is 267 g/mol. The van der Waals surface area contributed by atoms with E-state index in [-0.39, 0.29) is 5.69 Å². The van der Waals surface area contributed by atoms with Crippen molar-refractivity contribution in [3.8, 4) is 0 Å². The highest BCUT2D eigenvalue weighted by Crippen LogP contribution is 2.28. The number of nitrogens with zero attached hydrogens (tertiary/aromatic N) is 2. The summed E-state index contributed by atoms with van der Waals surface area (Å²) in [6, 6.07) is 0.485. The van der Waals surface area contributed by atoms with Gasteiger partial charge in [0.25, 0.3) is 12.1 Å². The molecule has 0 bridgehead atoms. The van der Waals surface area contributed by atoms with Gasteiger partial charge in [0.05, 0.1) is 4.92 Å². The number of pyridine rings is 1. The van der Waals surface area contributed by atoms with Gasteiger partial charge in [0.15, 0.2) is 0 Å². The maximum absolute atomic E-state index is 12.5. The summed E-state index contributed by atoms with van der Waals surface area (Å²) >= 11 is 0. The molecule has 94 valence electrons. The molecule has 10 heteroatoms. The Morgan fingerprint density at radius 1 is 1.53 bits per heavy atom. The van der Waals surface area contributed by atoms with Crippen molar-refractivity contribution >= 4 is 15.7 Å². The SMILES string of the molecule is Cc1nc(C(F)F)c(S(N)(=O)=O)cc1[N+](=O)[O-]. The van der Waals surface area contributed by atoms with Crippen molar-refractivity contribution in [1.82, 2.24) is 4.98 Å². The number of nitrogens with two attached hydrogens (primary N) is 1. The molecule has 0 aromatic carbocycles. The third-order valence-corrected chi connectivity index (χ3v) is 2.83. The topological polar surface area (TPSA) is 116 Å². The van der Waals surface area contributed by atoms with Crippen molar-refractivity contribution in [1.29, 1.82) is 0 Å². The van der Waals surface area contributed by atoms with Crippen LogP contribution in [0.2, 0.25) is 0 Å². The van der Waals surface area contributed by atoms with E-state index in [0.717, 1.165) is 6.92 Å². The number of hydrogen-bond donors (Lipinski definition) is 1. The smallest absolute Gasteiger partial charge is 0.258 e. The van der Waals surface area contributed by atoms with E-state index in [9.17, 15) is 27.3 Å². The van der Waals surface area contributed by atoms with E-state index in [1.54, 1.807) is 0 Å². The van der Waals surface area contributed by atoms with Crippen LogP contribution in [-0.4, -0.2) is 18.3 Å². The second kappa shape index (κ2) is 4.30. The van der Waals surface area contributed by atoms with Gasteiger partial charge in [-0.3, -0.25) is 10.1 Å². The molecule has 0 atom stereocenters. The number of halogens is 2. The first-order chi connectivity index (χ1) is 7.64. The Balaban J connectivity index is 3.66. The Kier molecular flexibility index (Phi) is 3.38. The van der Waals surface area contributed by atoms with Crippen LogP contribution in [0.5, 0.6) is 0 Å². The summed E-state index contributed by atoms with van der Waals surface area (Å²) in [6.07, 6.45) is -3.19. The number of alkyl halides is 2. The van der Waals surface area contributed by atoms with Crippen LogP contribution in [0.25, 0.3) is 0 Å². The van der Waals surface area contributed by atoms with Crippen LogP contribution < -0.4 is 5.14 Å². The fourth-order valence-corrected chi connectivity index (χ4v) is 1.87. The van der Waals surface area contributed by atoms with E-state index in [4.69, 9.17) is 5.14 Å². The number of hydrogen-bond acceptors (Lipinski definition) is 5. The Morgan fingerprint density at radius 2 is 2.06 bits per heavy atom. The number of nitro groups is 1. The first-order valence-corrected chi connectivity index (χ1v) is 5.66. The predicted molar refractivity (Wildman–Crippen MR) is 52.0 cm³/mol. The van der Waals surface area contributed by atoms with Crippen molar-refractivity contribution in [3.05, 3.63) is 27.6 Å². The van der Waals surface area contributed by atoms with Crippen molar-refractivity contribution in [2.24, 2.45) is 5.14 Å². The fourth-order valence-electron chi connectivity index (χ4n) is 1.16. The number of rotatable bonds is 3. The number of aryl methyl sites for hydroxylation is 1. The maximum Gasteiger partial charge on any atom is 0.291 e. The molecule has 7 nitrogen and oxygen atoms in total. The molecule has 0 aliphatic rings. The molecule has 0 radical (unpaired) electrons. The number of primary sulfonamides is 1. The second-order valence-electron chi connectivity index (χ2n) is 3.08. The fraction of sp³-hybridized carbons (Fsp3) is 0.286. The first-order valence-electron chi connectivity index (χ1n) is 4.11. The van der Waals surface area contributed by atoms with Gasteiger partial charge in [-0.1, -0.05) is 0 Å². The van der Waals surface area contributed by atoms with Gasteiger partial charge < -0.3 is 0 Å². The highest BCUT2D eigenvalue weighted by atomic mass is 32.2. The molecular weight excluding hydrogens is 260 g/mol. The Hall–Kier alpha value is -1.68. The normalized spacial score (nSPS) is 11.8. The quantitative estimate of drug-likeness (QED) is 0.644. The van der Waals surface area contributed by atoms with Crippen LogP contribution >= 0.6 is 0 Å². The highest BCUT2D eigenvalue weighted by molar-refractivity contribution is 7.89. The zero-order valence-corrected chi connectivity index (χ0v) is 9.24. The summed E-state index contributed by atoms with van der Waals surface area (Å²) in [5.74, 6) is 0. The van der Waals surface area contributed by atoms with Gasteiger partial charge in [0.2, 0.25) is 10.0 Å².